The normalized spacial score (nSPS) is 12.7. The highest BCUT2D eigenvalue weighted by atomic mass is 79.9. The number of benzene rings is 1. The molecule has 0 saturated heterocycles. The molecule has 0 fully saturated rings. The van der Waals surface area contributed by atoms with Crippen LogP contribution >= 0.6 is 27.3 Å². The zero-order valence-corrected chi connectivity index (χ0v) is 13.1. The lowest BCUT2D eigenvalue weighted by atomic mass is 9.95. The van der Waals surface area contributed by atoms with Crippen molar-refractivity contribution in [2.75, 3.05) is 0 Å². The molecule has 2 rings (SSSR count). The molecule has 1 atom stereocenters. The van der Waals surface area contributed by atoms with Gasteiger partial charge in [-0.3, -0.25) is 0 Å². The van der Waals surface area contributed by atoms with Crippen molar-refractivity contribution in [3.8, 4) is 0 Å². The lowest BCUT2D eigenvalue weighted by Gasteiger charge is -2.14. The maximum Gasteiger partial charge on any atom is 0.0701 e. The molecule has 0 aliphatic carbocycles. The molecule has 0 spiro atoms. The fourth-order valence-corrected chi connectivity index (χ4v) is 3.40. The Morgan fingerprint density at radius 3 is 2.39 bits per heavy atom. The average molecular weight is 324 g/mol. The SMILES string of the molecule is CCc1ccc(C(N)c2csc(Br)c2)cc1CC. The van der Waals surface area contributed by atoms with Gasteiger partial charge in [0.15, 0.2) is 0 Å². The number of halogens is 1. The summed E-state index contributed by atoms with van der Waals surface area (Å²) in [6, 6.07) is 8.72. The molecule has 2 aromatic rings. The van der Waals surface area contributed by atoms with Gasteiger partial charge in [0.05, 0.1) is 9.83 Å². The summed E-state index contributed by atoms with van der Waals surface area (Å²) in [6.45, 7) is 4.40. The number of rotatable bonds is 4. The highest BCUT2D eigenvalue weighted by Crippen LogP contribution is 2.29. The summed E-state index contributed by atoms with van der Waals surface area (Å²) in [5.41, 5.74) is 11.6. The monoisotopic (exact) mass is 323 g/mol. The van der Waals surface area contributed by atoms with Crippen molar-refractivity contribution in [1.82, 2.24) is 0 Å². The van der Waals surface area contributed by atoms with E-state index >= 15 is 0 Å². The molecule has 1 aromatic carbocycles. The van der Waals surface area contributed by atoms with Crippen LogP contribution in [0.2, 0.25) is 0 Å². The van der Waals surface area contributed by atoms with Gasteiger partial charge in [-0.2, -0.15) is 0 Å². The van der Waals surface area contributed by atoms with Crippen molar-refractivity contribution in [3.63, 3.8) is 0 Å². The van der Waals surface area contributed by atoms with Gasteiger partial charge in [0.2, 0.25) is 0 Å². The van der Waals surface area contributed by atoms with Crippen molar-refractivity contribution >= 4 is 27.3 Å². The molecule has 1 nitrogen and oxygen atoms in total. The molecule has 2 N–H and O–H groups in total. The molecule has 96 valence electrons. The summed E-state index contributed by atoms with van der Waals surface area (Å²) in [5, 5.41) is 2.12. The molecule has 0 radical (unpaired) electrons. The summed E-state index contributed by atoms with van der Waals surface area (Å²) in [6.07, 6.45) is 2.15. The van der Waals surface area contributed by atoms with Gasteiger partial charge in [0, 0.05) is 0 Å². The lowest BCUT2D eigenvalue weighted by molar-refractivity contribution is 0.868. The Morgan fingerprint density at radius 1 is 1.11 bits per heavy atom. The molecule has 1 unspecified atom stereocenters. The molecular formula is C15H18BrNS. The highest BCUT2D eigenvalue weighted by molar-refractivity contribution is 9.11. The zero-order chi connectivity index (χ0) is 13.1. The molecule has 0 bridgehead atoms. The number of hydrogen-bond acceptors (Lipinski definition) is 2. The molecule has 1 heterocycles. The average Bonchev–Trinajstić information content (AvgIpc) is 2.83. The topological polar surface area (TPSA) is 26.0 Å². The van der Waals surface area contributed by atoms with Gasteiger partial charge in [-0.25, -0.2) is 0 Å². The molecule has 0 amide bonds. The lowest BCUT2D eigenvalue weighted by Crippen LogP contribution is -2.11. The Kier molecular flexibility index (Phi) is 4.60. The summed E-state index contributed by atoms with van der Waals surface area (Å²) >= 11 is 5.17. The van der Waals surface area contributed by atoms with Gasteiger partial charge in [0.25, 0.3) is 0 Å². The minimum Gasteiger partial charge on any atom is -0.320 e. The Hall–Kier alpha value is -0.640. The van der Waals surface area contributed by atoms with Crippen LogP contribution in [-0.4, -0.2) is 0 Å². The van der Waals surface area contributed by atoms with E-state index < -0.39 is 0 Å². The van der Waals surface area contributed by atoms with Crippen LogP contribution in [0.5, 0.6) is 0 Å². The zero-order valence-electron chi connectivity index (χ0n) is 10.7. The largest absolute Gasteiger partial charge is 0.320 e. The van der Waals surface area contributed by atoms with Gasteiger partial charge in [0.1, 0.15) is 0 Å². The van der Waals surface area contributed by atoms with E-state index in [0.29, 0.717) is 0 Å². The molecule has 18 heavy (non-hydrogen) atoms. The first-order valence-electron chi connectivity index (χ1n) is 6.26. The van der Waals surface area contributed by atoms with Crippen LogP contribution in [0.4, 0.5) is 0 Å². The Labute approximate surface area is 121 Å². The quantitative estimate of drug-likeness (QED) is 0.868. The van der Waals surface area contributed by atoms with Crippen LogP contribution in [0.15, 0.2) is 33.4 Å². The predicted octanol–water partition coefficient (Wildman–Crippen LogP) is 4.68. The van der Waals surface area contributed by atoms with Crippen LogP contribution in [0.25, 0.3) is 0 Å². The van der Waals surface area contributed by atoms with E-state index in [4.69, 9.17) is 5.73 Å². The van der Waals surface area contributed by atoms with Gasteiger partial charge in [-0.05, 0) is 62.5 Å². The van der Waals surface area contributed by atoms with E-state index in [0.717, 1.165) is 16.6 Å². The van der Waals surface area contributed by atoms with E-state index in [1.54, 1.807) is 11.3 Å². The van der Waals surface area contributed by atoms with Gasteiger partial charge in [-0.1, -0.05) is 32.0 Å². The molecule has 0 saturated carbocycles. The molecule has 0 aliphatic rings. The maximum atomic E-state index is 6.33. The molecule has 3 heteroatoms. The van der Waals surface area contributed by atoms with Crippen LogP contribution in [0.1, 0.15) is 42.1 Å². The molecular weight excluding hydrogens is 306 g/mol. The minimum absolute atomic E-state index is 0.0243. The Morgan fingerprint density at radius 2 is 1.83 bits per heavy atom. The number of aryl methyl sites for hydroxylation is 2. The van der Waals surface area contributed by atoms with Crippen LogP contribution < -0.4 is 5.73 Å². The van der Waals surface area contributed by atoms with Crippen molar-refractivity contribution in [3.05, 3.63) is 55.7 Å². The van der Waals surface area contributed by atoms with Crippen LogP contribution in [0.3, 0.4) is 0 Å². The second-order valence-electron chi connectivity index (χ2n) is 4.40. The predicted molar refractivity (Wildman–Crippen MR) is 83.2 cm³/mol. The first-order chi connectivity index (χ1) is 8.65. The number of thiophene rings is 1. The molecule has 0 aliphatic heterocycles. The first-order valence-corrected chi connectivity index (χ1v) is 7.94. The summed E-state index contributed by atoms with van der Waals surface area (Å²) in [5.74, 6) is 0. The van der Waals surface area contributed by atoms with Crippen LogP contribution in [-0.2, 0) is 12.8 Å². The van der Waals surface area contributed by atoms with Crippen molar-refractivity contribution in [2.45, 2.75) is 32.7 Å². The van der Waals surface area contributed by atoms with Crippen molar-refractivity contribution in [1.29, 1.82) is 0 Å². The van der Waals surface area contributed by atoms with Crippen molar-refractivity contribution < 1.29 is 0 Å². The van der Waals surface area contributed by atoms with E-state index in [2.05, 4.69) is 59.4 Å². The fourth-order valence-electron chi connectivity index (χ4n) is 2.19. The third kappa shape index (κ3) is 2.85. The second kappa shape index (κ2) is 6.00. The Balaban J connectivity index is 2.33. The van der Waals surface area contributed by atoms with E-state index in [1.807, 2.05) is 0 Å². The highest BCUT2D eigenvalue weighted by Gasteiger charge is 2.12. The molecule has 1 aromatic heterocycles. The number of nitrogens with two attached hydrogens (primary N) is 1. The Bertz CT molecular complexity index is 533. The smallest absolute Gasteiger partial charge is 0.0701 e. The van der Waals surface area contributed by atoms with E-state index in [-0.39, 0.29) is 6.04 Å². The van der Waals surface area contributed by atoms with E-state index in [1.165, 1.54) is 22.3 Å². The second-order valence-corrected chi connectivity index (χ2v) is 6.69. The summed E-state index contributed by atoms with van der Waals surface area (Å²) in [7, 11) is 0. The minimum atomic E-state index is -0.0243. The standard InChI is InChI=1S/C15H18BrNS/c1-3-10-5-6-12(7-11(10)4-2)15(17)13-8-14(16)18-9-13/h5-9,15H,3-4,17H2,1-2H3. The summed E-state index contributed by atoms with van der Waals surface area (Å²) < 4.78 is 1.13. The van der Waals surface area contributed by atoms with Crippen LogP contribution in [0, 0.1) is 0 Å². The third-order valence-electron chi connectivity index (χ3n) is 3.30. The van der Waals surface area contributed by atoms with Gasteiger partial charge in [-0.15, -0.1) is 11.3 Å². The fraction of sp³-hybridized carbons (Fsp3) is 0.333. The van der Waals surface area contributed by atoms with Gasteiger partial charge < -0.3 is 5.73 Å². The first kappa shape index (κ1) is 13.8. The van der Waals surface area contributed by atoms with Gasteiger partial charge >= 0.3 is 0 Å². The van der Waals surface area contributed by atoms with E-state index in [9.17, 15) is 0 Å². The van der Waals surface area contributed by atoms with Crippen molar-refractivity contribution in [2.24, 2.45) is 5.73 Å². The summed E-state index contributed by atoms with van der Waals surface area (Å²) in [4.78, 5) is 0. The maximum absolute atomic E-state index is 6.33. The number of hydrogen-bond donors (Lipinski definition) is 1. The third-order valence-corrected chi connectivity index (χ3v) is 4.82.